The van der Waals surface area contributed by atoms with E-state index in [1.807, 2.05) is 0 Å². The van der Waals surface area contributed by atoms with Gasteiger partial charge in [0, 0.05) is 22.9 Å². The van der Waals surface area contributed by atoms with Crippen molar-refractivity contribution in [1.82, 2.24) is 4.31 Å². The summed E-state index contributed by atoms with van der Waals surface area (Å²) < 4.78 is 27.4. The minimum Gasteiger partial charge on any atom is -0.207 e. The predicted octanol–water partition coefficient (Wildman–Crippen LogP) is 3.23. The van der Waals surface area contributed by atoms with Gasteiger partial charge in [-0.3, -0.25) is 0 Å². The molecule has 0 spiro atoms. The Hall–Kier alpha value is -0.100. The fourth-order valence-corrected chi connectivity index (χ4v) is 4.97. The van der Waals surface area contributed by atoms with Crippen LogP contribution in [0, 0.1) is 0 Å². The van der Waals surface area contributed by atoms with Crippen LogP contribution >= 0.6 is 27.5 Å². The van der Waals surface area contributed by atoms with Crippen molar-refractivity contribution in [1.29, 1.82) is 0 Å². The molecular formula is C12H15BrClNO2S. The maximum atomic E-state index is 12.6. The maximum Gasteiger partial charge on any atom is 0.244 e. The van der Waals surface area contributed by atoms with Crippen LogP contribution in [0.4, 0.5) is 0 Å². The monoisotopic (exact) mass is 351 g/mol. The van der Waals surface area contributed by atoms with E-state index in [2.05, 4.69) is 15.9 Å². The van der Waals surface area contributed by atoms with Crippen LogP contribution in [0.2, 0.25) is 0 Å². The van der Waals surface area contributed by atoms with Gasteiger partial charge in [-0.15, -0.1) is 11.6 Å². The normalized spacial score (nSPS) is 16.8. The minimum absolute atomic E-state index is 0.112. The molecule has 1 aliphatic carbocycles. The van der Waals surface area contributed by atoms with Gasteiger partial charge in [-0.1, -0.05) is 18.6 Å². The van der Waals surface area contributed by atoms with Crippen LogP contribution in [0.15, 0.2) is 33.6 Å². The quantitative estimate of drug-likeness (QED) is 0.763. The SMILES string of the molecule is O=S(=O)(c1ccccc1Br)N(CCCl)C1CCC1. The van der Waals surface area contributed by atoms with Gasteiger partial charge in [-0.05, 0) is 40.9 Å². The van der Waals surface area contributed by atoms with Gasteiger partial charge in [-0.25, -0.2) is 8.42 Å². The smallest absolute Gasteiger partial charge is 0.207 e. The molecule has 100 valence electrons. The summed E-state index contributed by atoms with van der Waals surface area (Å²) in [7, 11) is -3.45. The number of hydrogen-bond donors (Lipinski definition) is 0. The zero-order chi connectivity index (χ0) is 13.2. The summed E-state index contributed by atoms with van der Waals surface area (Å²) in [6, 6.07) is 7.02. The van der Waals surface area contributed by atoms with Crippen molar-refractivity contribution < 1.29 is 8.42 Å². The van der Waals surface area contributed by atoms with Gasteiger partial charge in [0.25, 0.3) is 0 Å². The Balaban J connectivity index is 2.36. The average molecular weight is 353 g/mol. The van der Waals surface area contributed by atoms with Gasteiger partial charge in [-0.2, -0.15) is 4.31 Å². The third kappa shape index (κ3) is 2.74. The first-order chi connectivity index (χ1) is 8.57. The Morgan fingerprint density at radius 2 is 2.00 bits per heavy atom. The molecule has 0 aliphatic heterocycles. The molecule has 0 unspecified atom stereocenters. The Kier molecular flexibility index (Phi) is 4.69. The molecule has 2 rings (SSSR count). The molecule has 6 heteroatoms. The first-order valence-corrected chi connectivity index (χ1v) is 8.66. The van der Waals surface area contributed by atoms with E-state index in [0.717, 1.165) is 19.3 Å². The molecule has 0 heterocycles. The average Bonchev–Trinajstić information content (AvgIpc) is 2.26. The lowest BCUT2D eigenvalue weighted by Crippen LogP contribution is -2.45. The first kappa shape index (κ1) is 14.3. The molecule has 0 amide bonds. The minimum atomic E-state index is -3.45. The van der Waals surface area contributed by atoms with Crippen molar-refractivity contribution >= 4 is 37.6 Å². The third-order valence-corrected chi connectivity index (χ3v) is 6.34. The number of alkyl halides is 1. The third-order valence-electron chi connectivity index (χ3n) is 3.21. The lowest BCUT2D eigenvalue weighted by molar-refractivity contribution is 0.227. The van der Waals surface area contributed by atoms with Gasteiger partial charge in [0.15, 0.2) is 0 Å². The topological polar surface area (TPSA) is 37.4 Å². The van der Waals surface area contributed by atoms with Gasteiger partial charge in [0.2, 0.25) is 10.0 Å². The second-order valence-electron chi connectivity index (χ2n) is 4.32. The standard InChI is InChI=1S/C12H15BrClNO2S/c13-11-6-1-2-7-12(11)18(16,17)15(9-8-14)10-4-3-5-10/h1-2,6-7,10H,3-5,8-9H2. The van der Waals surface area contributed by atoms with Gasteiger partial charge >= 0.3 is 0 Å². The van der Waals surface area contributed by atoms with E-state index in [0.29, 0.717) is 21.8 Å². The second-order valence-corrected chi connectivity index (χ2v) is 7.41. The summed E-state index contributed by atoms with van der Waals surface area (Å²) >= 11 is 9.04. The van der Waals surface area contributed by atoms with Gasteiger partial charge in [0.05, 0.1) is 4.90 Å². The number of rotatable bonds is 5. The molecule has 0 bridgehead atoms. The molecule has 1 aromatic carbocycles. The van der Waals surface area contributed by atoms with Crippen LogP contribution in [-0.4, -0.2) is 31.2 Å². The van der Waals surface area contributed by atoms with Crippen molar-refractivity contribution in [3.63, 3.8) is 0 Å². The van der Waals surface area contributed by atoms with E-state index in [-0.39, 0.29) is 6.04 Å². The van der Waals surface area contributed by atoms with E-state index in [1.54, 1.807) is 28.6 Å². The Labute approximate surface area is 121 Å². The molecule has 0 radical (unpaired) electrons. The fraction of sp³-hybridized carbons (Fsp3) is 0.500. The highest BCUT2D eigenvalue weighted by Gasteiger charge is 2.35. The number of benzene rings is 1. The van der Waals surface area contributed by atoms with Gasteiger partial charge in [0.1, 0.15) is 0 Å². The summed E-state index contributed by atoms with van der Waals surface area (Å²) in [4.78, 5) is 0.321. The van der Waals surface area contributed by atoms with Crippen molar-refractivity contribution in [2.24, 2.45) is 0 Å². The molecule has 3 nitrogen and oxygen atoms in total. The molecule has 1 saturated carbocycles. The molecule has 0 aromatic heterocycles. The summed E-state index contributed by atoms with van der Waals surface area (Å²) in [6.45, 7) is 0.371. The Bertz CT molecular complexity index is 517. The summed E-state index contributed by atoms with van der Waals surface area (Å²) in [6.07, 6.45) is 2.95. The molecule has 0 saturated heterocycles. The predicted molar refractivity (Wildman–Crippen MR) is 76.4 cm³/mol. The van der Waals surface area contributed by atoms with E-state index in [4.69, 9.17) is 11.6 Å². The van der Waals surface area contributed by atoms with Crippen molar-refractivity contribution in [3.8, 4) is 0 Å². The lowest BCUT2D eigenvalue weighted by atomic mass is 9.93. The molecule has 1 aromatic rings. The fourth-order valence-electron chi connectivity index (χ4n) is 2.04. The van der Waals surface area contributed by atoms with Crippen molar-refractivity contribution in [3.05, 3.63) is 28.7 Å². The molecule has 0 atom stereocenters. The lowest BCUT2D eigenvalue weighted by Gasteiger charge is -2.36. The van der Waals surface area contributed by atoms with Crippen LogP contribution in [-0.2, 0) is 10.0 Å². The Morgan fingerprint density at radius 1 is 1.33 bits per heavy atom. The molecule has 1 aliphatic rings. The zero-order valence-electron chi connectivity index (χ0n) is 9.85. The van der Waals surface area contributed by atoms with Crippen LogP contribution in [0.25, 0.3) is 0 Å². The van der Waals surface area contributed by atoms with Gasteiger partial charge < -0.3 is 0 Å². The molecule has 1 fully saturated rings. The number of sulfonamides is 1. The molecule has 0 N–H and O–H groups in total. The van der Waals surface area contributed by atoms with Crippen LogP contribution < -0.4 is 0 Å². The number of nitrogens with zero attached hydrogens (tertiary/aromatic N) is 1. The van der Waals surface area contributed by atoms with Crippen molar-refractivity contribution in [2.75, 3.05) is 12.4 Å². The van der Waals surface area contributed by atoms with E-state index in [1.165, 1.54) is 0 Å². The highest BCUT2D eigenvalue weighted by molar-refractivity contribution is 9.10. The van der Waals surface area contributed by atoms with E-state index in [9.17, 15) is 8.42 Å². The number of hydrogen-bond acceptors (Lipinski definition) is 2. The van der Waals surface area contributed by atoms with E-state index >= 15 is 0 Å². The largest absolute Gasteiger partial charge is 0.244 e. The van der Waals surface area contributed by atoms with Crippen LogP contribution in [0.1, 0.15) is 19.3 Å². The molecular weight excluding hydrogens is 338 g/mol. The van der Waals surface area contributed by atoms with Crippen molar-refractivity contribution in [2.45, 2.75) is 30.2 Å². The zero-order valence-corrected chi connectivity index (χ0v) is 13.0. The first-order valence-electron chi connectivity index (χ1n) is 5.89. The van der Waals surface area contributed by atoms with Crippen LogP contribution in [0.3, 0.4) is 0 Å². The van der Waals surface area contributed by atoms with E-state index < -0.39 is 10.0 Å². The summed E-state index contributed by atoms with van der Waals surface area (Å²) in [5, 5.41) is 0. The Morgan fingerprint density at radius 3 is 2.50 bits per heavy atom. The summed E-state index contributed by atoms with van der Waals surface area (Å²) in [5.41, 5.74) is 0. The number of halogens is 2. The highest BCUT2D eigenvalue weighted by Crippen LogP contribution is 2.32. The second kappa shape index (κ2) is 5.90. The highest BCUT2D eigenvalue weighted by atomic mass is 79.9. The van der Waals surface area contributed by atoms with Crippen LogP contribution in [0.5, 0.6) is 0 Å². The summed E-state index contributed by atoms with van der Waals surface area (Å²) in [5.74, 6) is 0.320. The molecule has 18 heavy (non-hydrogen) atoms. The maximum absolute atomic E-state index is 12.6.